The van der Waals surface area contributed by atoms with Crippen molar-refractivity contribution in [2.24, 2.45) is 0 Å². The quantitative estimate of drug-likeness (QED) is 0.865. The van der Waals surface area contributed by atoms with Gasteiger partial charge in [-0.15, -0.1) is 0 Å². The molecule has 0 fully saturated rings. The van der Waals surface area contributed by atoms with Crippen molar-refractivity contribution in [2.45, 2.75) is 31.7 Å². The van der Waals surface area contributed by atoms with Gasteiger partial charge in [-0.3, -0.25) is 0 Å². The van der Waals surface area contributed by atoms with Crippen LogP contribution in [0.1, 0.15) is 36.6 Å². The SMILES string of the molecule is CNC1CCCCc2c1cnn2-c1ccc(Br)cn1. The van der Waals surface area contributed by atoms with E-state index in [0.29, 0.717) is 6.04 Å². The van der Waals surface area contributed by atoms with Gasteiger partial charge in [0.25, 0.3) is 0 Å². The molecule has 1 N–H and O–H groups in total. The molecule has 2 aromatic heterocycles. The van der Waals surface area contributed by atoms with Gasteiger partial charge < -0.3 is 5.32 Å². The first kappa shape index (κ1) is 12.8. The van der Waals surface area contributed by atoms with Crippen LogP contribution in [0.3, 0.4) is 0 Å². The molecule has 0 bridgehead atoms. The topological polar surface area (TPSA) is 42.7 Å². The minimum atomic E-state index is 0.418. The molecule has 100 valence electrons. The lowest BCUT2D eigenvalue weighted by molar-refractivity contribution is 0.533. The van der Waals surface area contributed by atoms with Crippen LogP contribution in [-0.2, 0) is 6.42 Å². The Kier molecular flexibility index (Phi) is 3.66. The summed E-state index contributed by atoms with van der Waals surface area (Å²) in [5, 5.41) is 7.93. The minimum absolute atomic E-state index is 0.418. The molecule has 0 saturated carbocycles. The molecule has 1 atom stereocenters. The number of hydrogen-bond acceptors (Lipinski definition) is 3. The van der Waals surface area contributed by atoms with Crippen LogP contribution >= 0.6 is 15.9 Å². The Labute approximate surface area is 121 Å². The highest BCUT2D eigenvalue weighted by Crippen LogP contribution is 2.29. The third kappa shape index (κ3) is 2.44. The Bertz CT molecular complexity index is 561. The molecule has 4 nitrogen and oxygen atoms in total. The summed E-state index contributed by atoms with van der Waals surface area (Å²) in [5.74, 6) is 0.890. The maximum atomic E-state index is 4.54. The van der Waals surface area contributed by atoms with Crippen LogP contribution in [0.25, 0.3) is 5.82 Å². The fraction of sp³-hybridized carbons (Fsp3) is 0.429. The lowest BCUT2D eigenvalue weighted by Gasteiger charge is -2.13. The molecule has 1 aliphatic rings. The van der Waals surface area contributed by atoms with Gasteiger partial charge in [0.15, 0.2) is 5.82 Å². The molecular formula is C14H17BrN4. The van der Waals surface area contributed by atoms with Crippen LogP contribution in [0.15, 0.2) is 29.0 Å². The van der Waals surface area contributed by atoms with E-state index in [0.717, 1.165) is 16.7 Å². The molecule has 19 heavy (non-hydrogen) atoms. The van der Waals surface area contributed by atoms with E-state index < -0.39 is 0 Å². The normalized spacial score (nSPS) is 18.9. The van der Waals surface area contributed by atoms with Crippen LogP contribution in [-0.4, -0.2) is 21.8 Å². The van der Waals surface area contributed by atoms with E-state index in [1.807, 2.05) is 36.3 Å². The second-order valence-electron chi connectivity index (χ2n) is 4.88. The van der Waals surface area contributed by atoms with Crippen molar-refractivity contribution in [1.29, 1.82) is 0 Å². The molecule has 0 aliphatic heterocycles. The van der Waals surface area contributed by atoms with Crippen molar-refractivity contribution in [3.8, 4) is 5.82 Å². The van der Waals surface area contributed by atoms with Crippen molar-refractivity contribution >= 4 is 15.9 Å². The van der Waals surface area contributed by atoms with E-state index in [9.17, 15) is 0 Å². The van der Waals surface area contributed by atoms with Crippen molar-refractivity contribution < 1.29 is 0 Å². The average molecular weight is 321 g/mol. The largest absolute Gasteiger partial charge is 0.313 e. The van der Waals surface area contributed by atoms with Crippen LogP contribution in [0, 0.1) is 0 Å². The van der Waals surface area contributed by atoms with Gasteiger partial charge in [0.05, 0.1) is 11.9 Å². The van der Waals surface area contributed by atoms with E-state index in [1.54, 1.807) is 0 Å². The first-order chi connectivity index (χ1) is 9.29. The van der Waals surface area contributed by atoms with Gasteiger partial charge in [0, 0.05) is 22.3 Å². The number of rotatable bonds is 2. The minimum Gasteiger partial charge on any atom is -0.313 e. The van der Waals surface area contributed by atoms with Gasteiger partial charge in [-0.1, -0.05) is 6.42 Å². The summed E-state index contributed by atoms with van der Waals surface area (Å²) in [6, 6.07) is 4.42. The molecule has 2 heterocycles. The number of pyridine rings is 1. The fourth-order valence-electron chi connectivity index (χ4n) is 2.71. The number of hydrogen-bond donors (Lipinski definition) is 1. The smallest absolute Gasteiger partial charge is 0.153 e. The Morgan fingerprint density at radius 2 is 2.21 bits per heavy atom. The molecule has 0 spiro atoms. The van der Waals surface area contributed by atoms with E-state index in [-0.39, 0.29) is 0 Å². The van der Waals surface area contributed by atoms with Gasteiger partial charge in [-0.2, -0.15) is 5.10 Å². The number of halogens is 1. The Balaban J connectivity index is 2.04. The molecule has 3 rings (SSSR count). The Morgan fingerprint density at radius 3 is 2.95 bits per heavy atom. The zero-order valence-electron chi connectivity index (χ0n) is 10.9. The summed E-state index contributed by atoms with van der Waals surface area (Å²) in [7, 11) is 2.02. The highest BCUT2D eigenvalue weighted by molar-refractivity contribution is 9.10. The third-order valence-electron chi connectivity index (χ3n) is 3.71. The molecule has 0 radical (unpaired) electrons. The molecule has 0 aromatic carbocycles. The summed E-state index contributed by atoms with van der Waals surface area (Å²) in [4.78, 5) is 4.44. The van der Waals surface area contributed by atoms with E-state index in [1.165, 1.54) is 30.5 Å². The fourth-order valence-corrected chi connectivity index (χ4v) is 2.95. The standard InChI is InChI=1S/C14H17BrN4/c1-16-12-4-2-3-5-13-11(12)9-18-19(13)14-7-6-10(15)8-17-14/h6-9,12,16H,2-5H2,1H3. The van der Waals surface area contributed by atoms with Gasteiger partial charge >= 0.3 is 0 Å². The molecule has 5 heteroatoms. The summed E-state index contributed by atoms with van der Waals surface area (Å²) in [5.41, 5.74) is 2.62. The maximum Gasteiger partial charge on any atom is 0.153 e. The van der Waals surface area contributed by atoms with Gasteiger partial charge in [-0.05, 0) is 54.4 Å². The van der Waals surface area contributed by atoms with E-state index >= 15 is 0 Å². The second kappa shape index (κ2) is 5.43. The highest BCUT2D eigenvalue weighted by Gasteiger charge is 2.22. The van der Waals surface area contributed by atoms with Crippen molar-refractivity contribution in [1.82, 2.24) is 20.1 Å². The van der Waals surface area contributed by atoms with Crippen molar-refractivity contribution in [2.75, 3.05) is 7.05 Å². The predicted molar refractivity (Wildman–Crippen MR) is 78.4 cm³/mol. The summed E-state index contributed by atoms with van der Waals surface area (Å²) >= 11 is 3.41. The van der Waals surface area contributed by atoms with Gasteiger partial charge in [0.1, 0.15) is 0 Å². The molecule has 2 aromatic rings. The highest BCUT2D eigenvalue weighted by atomic mass is 79.9. The van der Waals surface area contributed by atoms with Crippen LogP contribution in [0.5, 0.6) is 0 Å². The molecule has 0 saturated heterocycles. The number of fused-ring (bicyclic) bond motifs is 1. The number of nitrogens with one attached hydrogen (secondary N) is 1. The third-order valence-corrected chi connectivity index (χ3v) is 4.18. The average Bonchev–Trinajstić information content (AvgIpc) is 2.73. The first-order valence-electron chi connectivity index (χ1n) is 6.65. The predicted octanol–water partition coefficient (Wildman–Crippen LogP) is 3.02. The Hall–Kier alpha value is -1.20. The second-order valence-corrected chi connectivity index (χ2v) is 5.80. The number of nitrogens with zero attached hydrogens (tertiary/aromatic N) is 3. The van der Waals surface area contributed by atoms with E-state index in [4.69, 9.17) is 0 Å². The maximum absolute atomic E-state index is 4.54. The number of aromatic nitrogens is 3. The van der Waals surface area contributed by atoms with Crippen LogP contribution < -0.4 is 5.32 Å². The van der Waals surface area contributed by atoms with Crippen LogP contribution in [0.4, 0.5) is 0 Å². The summed E-state index contributed by atoms with van der Waals surface area (Å²) < 4.78 is 2.97. The lowest BCUT2D eigenvalue weighted by Crippen LogP contribution is -2.16. The zero-order chi connectivity index (χ0) is 13.2. The summed E-state index contributed by atoms with van der Waals surface area (Å²) in [6.07, 6.45) is 8.54. The van der Waals surface area contributed by atoms with Crippen LogP contribution in [0.2, 0.25) is 0 Å². The van der Waals surface area contributed by atoms with Gasteiger partial charge in [-0.25, -0.2) is 9.67 Å². The van der Waals surface area contributed by atoms with Crippen molar-refractivity contribution in [3.05, 3.63) is 40.3 Å². The summed E-state index contributed by atoms with van der Waals surface area (Å²) in [6.45, 7) is 0. The monoisotopic (exact) mass is 320 g/mol. The molecule has 1 unspecified atom stereocenters. The first-order valence-corrected chi connectivity index (χ1v) is 7.45. The molecule has 1 aliphatic carbocycles. The van der Waals surface area contributed by atoms with Crippen molar-refractivity contribution in [3.63, 3.8) is 0 Å². The molecular weight excluding hydrogens is 304 g/mol. The zero-order valence-corrected chi connectivity index (χ0v) is 12.5. The molecule has 0 amide bonds. The van der Waals surface area contributed by atoms with E-state index in [2.05, 4.69) is 31.3 Å². The lowest BCUT2D eigenvalue weighted by atomic mass is 10.1. The van der Waals surface area contributed by atoms with Gasteiger partial charge in [0.2, 0.25) is 0 Å². The Morgan fingerprint density at radius 1 is 1.32 bits per heavy atom.